The highest BCUT2D eigenvalue weighted by Crippen LogP contribution is 2.20. The summed E-state index contributed by atoms with van der Waals surface area (Å²) in [5.74, 6) is 0.0393. The van der Waals surface area contributed by atoms with Crippen molar-refractivity contribution in [2.45, 2.75) is 25.4 Å². The number of aliphatic carboxylic acids is 1. The molecule has 2 aromatic heterocycles. The number of carboxylic acid groups (broad SMARTS) is 1. The van der Waals surface area contributed by atoms with Crippen LogP contribution in [0.1, 0.15) is 18.7 Å². The Morgan fingerprint density at radius 2 is 2.40 bits per heavy atom. The highest BCUT2D eigenvalue weighted by atomic mass is 16.5. The van der Waals surface area contributed by atoms with Gasteiger partial charge in [-0.05, 0) is 31.5 Å². The van der Waals surface area contributed by atoms with E-state index in [1.807, 2.05) is 17.0 Å². The van der Waals surface area contributed by atoms with Crippen LogP contribution in [0.2, 0.25) is 0 Å². The highest BCUT2D eigenvalue weighted by Gasteiger charge is 2.31. The number of aromatic nitrogens is 3. The minimum atomic E-state index is -0.799. The maximum absolute atomic E-state index is 11.1. The van der Waals surface area contributed by atoms with E-state index in [9.17, 15) is 4.79 Å². The molecule has 20 heavy (non-hydrogen) atoms. The van der Waals surface area contributed by atoms with Crippen molar-refractivity contribution < 1.29 is 14.4 Å². The van der Waals surface area contributed by atoms with Gasteiger partial charge < -0.3 is 9.63 Å². The fourth-order valence-corrected chi connectivity index (χ4v) is 2.39. The fourth-order valence-electron chi connectivity index (χ4n) is 2.39. The van der Waals surface area contributed by atoms with Crippen LogP contribution in [-0.2, 0) is 11.3 Å². The Balaban J connectivity index is 1.73. The van der Waals surface area contributed by atoms with Crippen molar-refractivity contribution in [1.82, 2.24) is 20.0 Å². The zero-order chi connectivity index (χ0) is 13.9. The number of carbonyl (C=O) groups is 1. The van der Waals surface area contributed by atoms with Gasteiger partial charge >= 0.3 is 5.97 Å². The van der Waals surface area contributed by atoms with Crippen molar-refractivity contribution in [1.29, 1.82) is 0 Å². The van der Waals surface area contributed by atoms with Crippen LogP contribution >= 0.6 is 0 Å². The van der Waals surface area contributed by atoms with Crippen molar-refractivity contribution in [2.75, 3.05) is 6.54 Å². The Kier molecular flexibility index (Phi) is 3.42. The first-order valence-electron chi connectivity index (χ1n) is 6.45. The van der Waals surface area contributed by atoms with Crippen LogP contribution in [0, 0.1) is 0 Å². The average molecular weight is 274 g/mol. The number of nitrogens with zero attached hydrogens (tertiary/aromatic N) is 4. The van der Waals surface area contributed by atoms with Gasteiger partial charge in [0.05, 0.1) is 6.54 Å². The summed E-state index contributed by atoms with van der Waals surface area (Å²) in [6.45, 7) is 1.09. The lowest BCUT2D eigenvalue weighted by molar-refractivity contribution is -0.142. The van der Waals surface area contributed by atoms with E-state index in [1.54, 1.807) is 12.3 Å². The molecular weight excluding hydrogens is 260 g/mol. The monoisotopic (exact) mass is 274 g/mol. The zero-order valence-corrected chi connectivity index (χ0v) is 10.8. The van der Waals surface area contributed by atoms with Gasteiger partial charge in [0, 0.05) is 6.20 Å². The maximum Gasteiger partial charge on any atom is 0.320 e. The molecule has 1 saturated heterocycles. The molecule has 0 amide bonds. The Hall–Kier alpha value is -2.28. The largest absolute Gasteiger partial charge is 0.480 e. The van der Waals surface area contributed by atoms with Crippen LogP contribution in [0.4, 0.5) is 0 Å². The summed E-state index contributed by atoms with van der Waals surface area (Å²) < 4.78 is 5.17. The first-order valence-corrected chi connectivity index (χ1v) is 6.45. The van der Waals surface area contributed by atoms with Crippen LogP contribution < -0.4 is 0 Å². The number of carboxylic acids is 1. The predicted molar refractivity (Wildman–Crippen MR) is 68.6 cm³/mol. The van der Waals surface area contributed by atoms with E-state index in [0.717, 1.165) is 13.0 Å². The van der Waals surface area contributed by atoms with Crippen molar-refractivity contribution in [2.24, 2.45) is 0 Å². The molecule has 0 saturated carbocycles. The van der Waals surface area contributed by atoms with Crippen molar-refractivity contribution in [3.05, 3.63) is 30.3 Å². The number of rotatable bonds is 4. The van der Waals surface area contributed by atoms with Gasteiger partial charge in [-0.3, -0.25) is 14.7 Å². The third kappa shape index (κ3) is 2.53. The van der Waals surface area contributed by atoms with Crippen LogP contribution in [0.3, 0.4) is 0 Å². The van der Waals surface area contributed by atoms with Gasteiger partial charge in [-0.2, -0.15) is 4.98 Å². The van der Waals surface area contributed by atoms with Crippen molar-refractivity contribution >= 4 is 5.97 Å². The highest BCUT2D eigenvalue weighted by molar-refractivity contribution is 5.73. The topological polar surface area (TPSA) is 92.3 Å². The number of likely N-dealkylation sites (tertiary alicyclic amines) is 1. The van der Waals surface area contributed by atoms with Gasteiger partial charge in [-0.25, -0.2) is 0 Å². The van der Waals surface area contributed by atoms with Gasteiger partial charge in [0.15, 0.2) is 0 Å². The second kappa shape index (κ2) is 5.38. The van der Waals surface area contributed by atoms with E-state index < -0.39 is 12.0 Å². The lowest BCUT2D eigenvalue weighted by atomic mass is 10.2. The summed E-state index contributed by atoms with van der Waals surface area (Å²) in [5, 5.41) is 13.0. The standard InChI is InChI=1S/C13H14N4O3/c18-13(19)10-5-3-7-17(10)8-11-15-12(16-20-11)9-4-1-2-6-14-9/h1-2,4,6,10H,3,5,7-8H2,(H,18,19). The van der Waals surface area contributed by atoms with Crippen LogP contribution in [0.25, 0.3) is 11.5 Å². The van der Waals surface area contributed by atoms with Gasteiger partial charge in [0.25, 0.3) is 0 Å². The second-order valence-electron chi connectivity index (χ2n) is 4.69. The summed E-state index contributed by atoms with van der Waals surface area (Å²) in [7, 11) is 0. The summed E-state index contributed by atoms with van der Waals surface area (Å²) in [6, 6.07) is 5.00. The minimum Gasteiger partial charge on any atom is -0.480 e. The van der Waals surface area contributed by atoms with Crippen molar-refractivity contribution in [3.63, 3.8) is 0 Å². The van der Waals surface area contributed by atoms with Gasteiger partial charge in [-0.1, -0.05) is 11.2 Å². The molecule has 3 heterocycles. The summed E-state index contributed by atoms with van der Waals surface area (Å²) in [4.78, 5) is 21.4. The lowest BCUT2D eigenvalue weighted by Gasteiger charge is -2.18. The molecule has 0 aliphatic carbocycles. The molecule has 7 nitrogen and oxygen atoms in total. The van der Waals surface area contributed by atoms with E-state index in [-0.39, 0.29) is 0 Å². The Morgan fingerprint density at radius 3 is 3.15 bits per heavy atom. The second-order valence-corrected chi connectivity index (χ2v) is 4.69. The normalized spacial score (nSPS) is 19.3. The van der Waals surface area contributed by atoms with Crippen LogP contribution in [0.5, 0.6) is 0 Å². The number of hydrogen-bond acceptors (Lipinski definition) is 6. The SMILES string of the molecule is O=C(O)C1CCCN1Cc1nc(-c2ccccn2)no1. The minimum absolute atomic E-state index is 0.358. The molecule has 2 aromatic rings. The molecule has 1 aliphatic heterocycles. The molecule has 1 aliphatic rings. The predicted octanol–water partition coefficient (Wildman–Crippen LogP) is 1.18. The van der Waals surface area contributed by atoms with Gasteiger partial charge in [0.1, 0.15) is 11.7 Å². The maximum atomic E-state index is 11.1. The first-order chi connectivity index (χ1) is 9.74. The van der Waals surface area contributed by atoms with Crippen LogP contribution in [0.15, 0.2) is 28.9 Å². The van der Waals surface area contributed by atoms with E-state index >= 15 is 0 Å². The Labute approximate surface area is 115 Å². The van der Waals surface area contributed by atoms with Gasteiger partial charge in [0.2, 0.25) is 11.7 Å². The van der Waals surface area contributed by atoms with E-state index in [2.05, 4.69) is 15.1 Å². The van der Waals surface area contributed by atoms with E-state index in [1.165, 1.54) is 0 Å². The third-order valence-electron chi connectivity index (χ3n) is 3.35. The molecule has 104 valence electrons. The molecule has 1 fully saturated rings. The Bertz CT molecular complexity index is 599. The smallest absolute Gasteiger partial charge is 0.320 e. The summed E-state index contributed by atoms with van der Waals surface area (Å²) in [6.07, 6.45) is 3.20. The molecule has 1 N–H and O–H groups in total. The Morgan fingerprint density at radius 1 is 1.50 bits per heavy atom. The molecular formula is C13H14N4O3. The lowest BCUT2D eigenvalue weighted by Crippen LogP contribution is -2.35. The zero-order valence-electron chi connectivity index (χ0n) is 10.8. The quantitative estimate of drug-likeness (QED) is 0.894. The van der Waals surface area contributed by atoms with Gasteiger partial charge in [-0.15, -0.1) is 0 Å². The number of hydrogen-bond donors (Lipinski definition) is 1. The van der Waals surface area contributed by atoms with Crippen LogP contribution in [-0.4, -0.2) is 43.7 Å². The third-order valence-corrected chi connectivity index (χ3v) is 3.35. The van der Waals surface area contributed by atoms with E-state index in [4.69, 9.17) is 9.63 Å². The summed E-state index contributed by atoms with van der Waals surface area (Å²) in [5.41, 5.74) is 0.638. The van der Waals surface area contributed by atoms with E-state index in [0.29, 0.717) is 30.4 Å². The molecule has 0 bridgehead atoms. The molecule has 7 heteroatoms. The molecule has 0 aromatic carbocycles. The molecule has 1 unspecified atom stereocenters. The average Bonchev–Trinajstić information content (AvgIpc) is 3.09. The summed E-state index contributed by atoms with van der Waals surface area (Å²) >= 11 is 0. The fraction of sp³-hybridized carbons (Fsp3) is 0.385. The molecule has 1 atom stereocenters. The molecule has 3 rings (SSSR count). The molecule has 0 radical (unpaired) electrons. The first kappa shape index (κ1) is 12.7. The number of pyridine rings is 1. The molecule has 0 spiro atoms. The van der Waals surface area contributed by atoms with Crippen molar-refractivity contribution in [3.8, 4) is 11.5 Å².